The molecule has 0 saturated carbocycles. The fourth-order valence-corrected chi connectivity index (χ4v) is 3.14. The lowest BCUT2D eigenvalue weighted by molar-refractivity contribution is -0.114. The topological polar surface area (TPSA) is 46.6 Å². The first-order valence-corrected chi connectivity index (χ1v) is 8.21. The van der Waals surface area contributed by atoms with Gasteiger partial charge in [0, 0.05) is 13.1 Å². The fourth-order valence-electron chi connectivity index (χ4n) is 3.14. The minimum absolute atomic E-state index is 0.272. The van der Waals surface area contributed by atoms with Gasteiger partial charge in [-0.1, -0.05) is 60.7 Å². The molecule has 1 fully saturated rings. The monoisotopic (exact) mass is 323 g/mol. The van der Waals surface area contributed by atoms with Crippen molar-refractivity contribution in [3.8, 4) is 0 Å². The highest BCUT2D eigenvalue weighted by Crippen LogP contribution is 2.33. The summed E-state index contributed by atoms with van der Waals surface area (Å²) in [5.74, 6) is 0. The summed E-state index contributed by atoms with van der Waals surface area (Å²) in [6.07, 6.45) is 1.98. The number of rotatable bonds is 4. The van der Waals surface area contributed by atoms with E-state index in [0.717, 1.165) is 17.4 Å². The van der Waals surface area contributed by atoms with Gasteiger partial charge in [0.1, 0.15) is 12.9 Å². The van der Waals surface area contributed by atoms with E-state index in [-0.39, 0.29) is 12.7 Å². The lowest BCUT2D eigenvalue weighted by Crippen LogP contribution is -2.46. The molecular formula is C20H21NO3. The number of piperidine rings is 1. The molecule has 0 bridgehead atoms. The second-order valence-electron chi connectivity index (χ2n) is 6.17. The maximum absolute atomic E-state index is 12.2. The van der Waals surface area contributed by atoms with Gasteiger partial charge in [0.25, 0.3) is 0 Å². The second-order valence-corrected chi connectivity index (χ2v) is 6.17. The van der Waals surface area contributed by atoms with Crippen molar-refractivity contribution in [3.63, 3.8) is 0 Å². The summed E-state index contributed by atoms with van der Waals surface area (Å²) < 4.78 is 5.37. The molecule has 0 spiro atoms. The number of carbonyl (C=O) groups excluding carboxylic acids is 2. The zero-order valence-corrected chi connectivity index (χ0v) is 13.6. The number of amides is 1. The highest BCUT2D eigenvalue weighted by atomic mass is 16.6. The van der Waals surface area contributed by atoms with E-state index < -0.39 is 5.41 Å². The molecule has 2 aromatic rings. The van der Waals surface area contributed by atoms with Crippen LogP contribution < -0.4 is 0 Å². The standard InChI is InChI=1S/C20H21NO3/c22-16-20(18-9-5-2-6-10-18)11-13-21(14-12-20)19(23)24-15-17-7-3-1-4-8-17/h1-10,16H,11-15H2. The molecule has 24 heavy (non-hydrogen) atoms. The van der Waals surface area contributed by atoms with Gasteiger partial charge in [-0.05, 0) is 24.0 Å². The Kier molecular flexibility index (Phi) is 4.94. The van der Waals surface area contributed by atoms with Crippen LogP contribution in [0.4, 0.5) is 4.79 Å². The lowest BCUT2D eigenvalue weighted by Gasteiger charge is -2.38. The minimum Gasteiger partial charge on any atom is -0.445 e. The van der Waals surface area contributed by atoms with Crippen molar-refractivity contribution < 1.29 is 14.3 Å². The molecule has 0 atom stereocenters. The van der Waals surface area contributed by atoms with Gasteiger partial charge in [-0.15, -0.1) is 0 Å². The minimum atomic E-state index is -0.489. The van der Waals surface area contributed by atoms with Crippen LogP contribution in [0, 0.1) is 0 Å². The van der Waals surface area contributed by atoms with Crippen molar-refractivity contribution >= 4 is 12.4 Å². The van der Waals surface area contributed by atoms with E-state index in [1.165, 1.54) is 0 Å². The van der Waals surface area contributed by atoms with Gasteiger partial charge in [-0.25, -0.2) is 4.79 Å². The van der Waals surface area contributed by atoms with Crippen molar-refractivity contribution in [2.75, 3.05) is 13.1 Å². The average molecular weight is 323 g/mol. The Morgan fingerprint density at radius 3 is 2.17 bits per heavy atom. The first-order chi connectivity index (χ1) is 11.7. The van der Waals surface area contributed by atoms with Crippen LogP contribution >= 0.6 is 0 Å². The smallest absolute Gasteiger partial charge is 0.410 e. The van der Waals surface area contributed by atoms with Crippen LogP contribution in [0.2, 0.25) is 0 Å². The maximum atomic E-state index is 12.2. The van der Waals surface area contributed by atoms with Gasteiger partial charge in [0.15, 0.2) is 0 Å². The molecule has 1 aliphatic heterocycles. The molecule has 0 aromatic heterocycles. The van der Waals surface area contributed by atoms with Gasteiger partial charge >= 0.3 is 6.09 Å². The number of nitrogens with zero attached hydrogens (tertiary/aromatic N) is 1. The Morgan fingerprint density at radius 2 is 1.58 bits per heavy atom. The van der Waals surface area contributed by atoms with Crippen LogP contribution in [0.1, 0.15) is 24.0 Å². The van der Waals surface area contributed by atoms with E-state index in [9.17, 15) is 9.59 Å². The van der Waals surface area contributed by atoms with Gasteiger partial charge in [0.05, 0.1) is 5.41 Å². The van der Waals surface area contributed by atoms with Crippen molar-refractivity contribution in [2.24, 2.45) is 0 Å². The van der Waals surface area contributed by atoms with Crippen LogP contribution in [0.25, 0.3) is 0 Å². The molecule has 0 N–H and O–H groups in total. The molecule has 124 valence electrons. The Morgan fingerprint density at radius 1 is 1.00 bits per heavy atom. The highest BCUT2D eigenvalue weighted by Gasteiger charge is 2.37. The summed E-state index contributed by atoms with van der Waals surface area (Å²) in [6, 6.07) is 19.4. The first kappa shape index (κ1) is 16.2. The third-order valence-electron chi connectivity index (χ3n) is 4.69. The van der Waals surface area contributed by atoms with Crippen molar-refractivity contribution in [1.29, 1.82) is 0 Å². The summed E-state index contributed by atoms with van der Waals surface area (Å²) in [4.78, 5) is 25.6. The number of hydrogen-bond acceptors (Lipinski definition) is 3. The molecule has 1 heterocycles. The Bertz CT molecular complexity index is 677. The van der Waals surface area contributed by atoms with Crippen LogP contribution in [0.5, 0.6) is 0 Å². The summed E-state index contributed by atoms with van der Waals surface area (Å²) in [6.45, 7) is 1.33. The highest BCUT2D eigenvalue weighted by molar-refractivity contribution is 5.71. The second kappa shape index (κ2) is 7.30. The number of hydrogen-bond donors (Lipinski definition) is 0. The van der Waals surface area contributed by atoms with Crippen LogP contribution in [-0.2, 0) is 21.6 Å². The number of carbonyl (C=O) groups is 2. The number of likely N-dealkylation sites (tertiary alicyclic amines) is 1. The van der Waals surface area contributed by atoms with Gasteiger partial charge < -0.3 is 14.4 Å². The summed E-state index contributed by atoms with van der Waals surface area (Å²) in [5.41, 5.74) is 1.50. The first-order valence-electron chi connectivity index (χ1n) is 8.21. The average Bonchev–Trinajstić information content (AvgIpc) is 2.67. The molecule has 3 rings (SSSR count). The van der Waals surface area contributed by atoms with Crippen LogP contribution in [0.15, 0.2) is 60.7 Å². The Labute approximate surface area is 142 Å². The van der Waals surface area contributed by atoms with E-state index in [2.05, 4.69) is 0 Å². The predicted octanol–water partition coefficient (Wildman–Crippen LogP) is 3.56. The van der Waals surface area contributed by atoms with Crippen molar-refractivity contribution in [3.05, 3.63) is 71.8 Å². The Hall–Kier alpha value is -2.62. The quantitative estimate of drug-likeness (QED) is 0.808. The molecule has 4 heteroatoms. The van der Waals surface area contributed by atoms with E-state index in [1.807, 2.05) is 60.7 Å². The number of ether oxygens (including phenoxy) is 1. The number of aldehydes is 1. The Balaban J connectivity index is 1.58. The van der Waals surface area contributed by atoms with Crippen LogP contribution in [0.3, 0.4) is 0 Å². The predicted molar refractivity (Wildman–Crippen MR) is 91.6 cm³/mol. The number of benzene rings is 2. The van der Waals surface area contributed by atoms with E-state index in [1.54, 1.807) is 4.90 Å². The van der Waals surface area contributed by atoms with Crippen molar-refractivity contribution in [2.45, 2.75) is 24.9 Å². The third kappa shape index (κ3) is 3.48. The summed E-state index contributed by atoms with van der Waals surface area (Å²) >= 11 is 0. The van der Waals surface area contributed by atoms with Gasteiger partial charge in [-0.3, -0.25) is 0 Å². The van der Waals surface area contributed by atoms with E-state index >= 15 is 0 Å². The third-order valence-corrected chi connectivity index (χ3v) is 4.69. The molecule has 1 amide bonds. The summed E-state index contributed by atoms with van der Waals surface area (Å²) in [7, 11) is 0. The fraction of sp³-hybridized carbons (Fsp3) is 0.300. The lowest BCUT2D eigenvalue weighted by atomic mass is 9.74. The SMILES string of the molecule is O=CC1(c2ccccc2)CCN(C(=O)OCc2ccccc2)CC1. The largest absolute Gasteiger partial charge is 0.445 e. The molecular weight excluding hydrogens is 302 g/mol. The molecule has 0 radical (unpaired) electrons. The van der Waals surface area contributed by atoms with Gasteiger partial charge in [0.2, 0.25) is 0 Å². The van der Waals surface area contributed by atoms with E-state index in [4.69, 9.17) is 4.74 Å². The molecule has 0 unspecified atom stereocenters. The normalized spacial score (nSPS) is 16.4. The summed E-state index contributed by atoms with van der Waals surface area (Å²) in [5, 5.41) is 0. The zero-order chi connectivity index (χ0) is 16.8. The maximum Gasteiger partial charge on any atom is 0.410 e. The van der Waals surface area contributed by atoms with Crippen molar-refractivity contribution in [1.82, 2.24) is 4.90 Å². The van der Waals surface area contributed by atoms with E-state index in [0.29, 0.717) is 25.9 Å². The molecule has 1 aliphatic rings. The van der Waals surface area contributed by atoms with Crippen LogP contribution in [-0.4, -0.2) is 30.4 Å². The molecule has 4 nitrogen and oxygen atoms in total. The van der Waals surface area contributed by atoms with Gasteiger partial charge in [-0.2, -0.15) is 0 Å². The zero-order valence-electron chi connectivity index (χ0n) is 13.6. The molecule has 1 saturated heterocycles. The molecule has 2 aromatic carbocycles. The molecule has 0 aliphatic carbocycles.